The molecule has 4 heterocycles. The molecule has 9 heteroatoms. The molecule has 2 aliphatic heterocycles. The Morgan fingerprint density at radius 1 is 1.13 bits per heavy atom. The first-order valence-electron chi connectivity index (χ1n) is 10.8. The topological polar surface area (TPSA) is 71.9 Å². The minimum Gasteiger partial charge on any atom is -0.354 e. The van der Waals surface area contributed by atoms with Gasteiger partial charge in [-0.15, -0.1) is 0 Å². The van der Waals surface area contributed by atoms with Crippen LogP contribution in [0.2, 0.25) is 0 Å². The number of nitrogens with zero attached hydrogens (tertiary/aromatic N) is 6. The van der Waals surface area contributed by atoms with E-state index in [2.05, 4.69) is 54.6 Å². The summed E-state index contributed by atoms with van der Waals surface area (Å²) in [4.78, 5) is 19.8. The summed E-state index contributed by atoms with van der Waals surface area (Å²) in [5.74, 6) is 1.91. The van der Waals surface area contributed by atoms with Gasteiger partial charge in [0.05, 0.1) is 0 Å². The number of pyridine rings is 2. The van der Waals surface area contributed by atoms with Crippen molar-refractivity contribution in [2.24, 2.45) is 4.99 Å². The summed E-state index contributed by atoms with van der Waals surface area (Å²) in [6.45, 7) is 6.26. The highest BCUT2D eigenvalue weighted by Gasteiger charge is 2.26. The van der Waals surface area contributed by atoms with E-state index in [0.29, 0.717) is 18.9 Å². The summed E-state index contributed by atoms with van der Waals surface area (Å²) in [7, 11) is 3.91. The van der Waals surface area contributed by atoms with E-state index < -0.39 is 0 Å². The Hall–Kier alpha value is -2.94. The van der Waals surface area contributed by atoms with Gasteiger partial charge in [0, 0.05) is 71.3 Å². The maximum Gasteiger partial charge on any atom is 0.191 e. The van der Waals surface area contributed by atoms with Crippen LogP contribution in [0, 0.1) is 5.82 Å². The zero-order chi connectivity index (χ0) is 21.6. The molecule has 0 radical (unpaired) electrons. The van der Waals surface area contributed by atoms with Crippen LogP contribution in [-0.2, 0) is 6.54 Å². The zero-order valence-corrected chi connectivity index (χ0v) is 18.3. The molecule has 2 aromatic rings. The molecule has 0 spiro atoms. The number of likely N-dealkylation sites (N-methyl/N-ethyl adjacent to an activating group) is 1. The zero-order valence-electron chi connectivity index (χ0n) is 18.3. The van der Waals surface area contributed by atoms with E-state index in [4.69, 9.17) is 0 Å². The highest BCUT2D eigenvalue weighted by molar-refractivity contribution is 5.80. The third-order valence-corrected chi connectivity index (χ3v) is 5.89. The highest BCUT2D eigenvalue weighted by atomic mass is 19.1. The van der Waals surface area contributed by atoms with Crippen molar-refractivity contribution in [2.75, 3.05) is 63.2 Å². The fourth-order valence-corrected chi connectivity index (χ4v) is 4.00. The number of guanidine groups is 1. The predicted octanol–water partition coefficient (Wildman–Crippen LogP) is 1.31. The summed E-state index contributed by atoms with van der Waals surface area (Å²) in [6, 6.07) is 7.46. The van der Waals surface area contributed by atoms with E-state index in [9.17, 15) is 4.39 Å². The molecule has 1 atom stereocenters. The van der Waals surface area contributed by atoms with Crippen LogP contribution in [0.5, 0.6) is 0 Å². The molecule has 0 saturated carbocycles. The fraction of sp³-hybridized carbons (Fsp3) is 0.500. The third-order valence-electron chi connectivity index (χ3n) is 5.89. The van der Waals surface area contributed by atoms with Crippen molar-refractivity contribution in [2.45, 2.75) is 19.0 Å². The molecule has 8 nitrogen and oxygen atoms in total. The van der Waals surface area contributed by atoms with E-state index in [1.807, 2.05) is 11.1 Å². The van der Waals surface area contributed by atoms with Gasteiger partial charge in [0.2, 0.25) is 0 Å². The molecule has 2 N–H and O–H groups in total. The first-order chi connectivity index (χ1) is 15.1. The molecule has 4 rings (SSSR count). The minimum atomic E-state index is -0.279. The Labute approximate surface area is 183 Å². The van der Waals surface area contributed by atoms with Crippen molar-refractivity contribution in [1.29, 1.82) is 0 Å². The molecule has 1 unspecified atom stereocenters. The first kappa shape index (κ1) is 21.3. The normalized spacial score (nSPS) is 20.2. The third kappa shape index (κ3) is 5.41. The largest absolute Gasteiger partial charge is 0.354 e. The van der Waals surface area contributed by atoms with Crippen molar-refractivity contribution < 1.29 is 4.39 Å². The fourth-order valence-electron chi connectivity index (χ4n) is 4.00. The average Bonchev–Trinajstić information content (AvgIpc) is 3.26. The Morgan fingerprint density at radius 2 is 1.97 bits per heavy atom. The number of anilines is 2. The lowest BCUT2D eigenvalue weighted by Gasteiger charge is -2.33. The number of nitrogens with one attached hydrogen (secondary N) is 2. The average molecular weight is 427 g/mol. The van der Waals surface area contributed by atoms with Crippen LogP contribution in [0.1, 0.15) is 12.0 Å². The Balaban J connectivity index is 1.26. The number of aliphatic imine (C=N–C) groups is 1. The number of halogens is 1. The van der Waals surface area contributed by atoms with Gasteiger partial charge in [0.1, 0.15) is 5.82 Å². The lowest BCUT2D eigenvalue weighted by molar-refractivity contribution is 0.312. The van der Waals surface area contributed by atoms with E-state index >= 15 is 0 Å². The number of rotatable bonds is 5. The molecular weight excluding hydrogens is 395 g/mol. The molecule has 0 aliphatic carbocycles. The van der Waals surface area contributed by atoms with Crippen LogP contribution in [0.3, 0.4) is 0 Å². The molecule has 166 valence electrons. The van der Waals surface area contributed by atoms with E-state index in [-0.39, 0.29) is 11.9 Å². The van der Waals surface area contributed by atoms with Gasteiger partial charge in [-0.1, -0.05) is 6.07 Å². The van der Waals surface area contributed by atoms with Gasteiger partial charge >= 0.3 is 0 Å². The summed E-state index contributed by atoms with van der Waals surface area (Å²) in [5.41, 5.74) is 1.10. The van der Waals surface area contributed by atoms with Gasteiger partial charge in [-0.25, -0.2) is 14.4 Å². The van der Waals surface area contributed by atoms with Crippen molar-refractivity contribution in [3.05, 3.63) is 48.0 Å². The second-order valence-corrected chi connectivity index (χ2v) is 8.13. The Morgan fingerprint density at radius 3 is 2.68 bits per heavy atom. The van der Waals surface area contributed by atoms with Gasteiger partial charge in [-0.05, 0) is 37.2 Å². The lowest BCUT2D eigenvalue weighted by Crippen LogP contribution is -2.45. The van der Waals surface area contributed by atoms with Crippen molar-refractivity contribution in [3.63, 3.8) is 0 Å². The van der Waals surface area contributed by atoms with Crippen LogP contribution in [0.15, 0.2) is 41.7 Å². The van der Waals surface area contributed by atoms with Crippen LogP contribution < -0.4 is 20.4 Å². The van der Waals surface area contributed by atoms with Gasteiger partial charge in [0.15, 0.2) is 17.6 Å². The molecule has 2 saturated heterocycles. The quantitative estimate of drug-likeness (QED) is 0.552. The van der Waals surface area contributed by atoms with Crippen LogP contribution in [0.4, 0.5) is 16.0 Å². The van der Waals surface area contributed by atoms with Crippen LogP contribution >= 0.6 is 0 Å². The summed E-state index contributed by atoms with van der Waals surface area (Å²) in [5, 5.41) is 6.79. The van der Waals surface area contributed by atoms with Crippen molar-refractivity contribution in [1.82, 2.24) is 25.5 Å². The molecule has 31 heavy (non-hydrogen) atoms. The maximum absolute atomic E-state index is 14.0. The highest BCUT2D eigenvalue weighted by Crippen LogP contribution is 2.20. The van der Waals surface area contributed by atoms with Crippen LogP contribution in [-0.4, -0.2) is 80.2 Å². The number of piperazine rings is 1. The molecule has 2 aliphatic rings. The van der Waals surface area contributed by atoms with Gasteiger partial charge in [-0.3, -0.25) is 4.99 Å². The van der Waals surface area contributed by atoms with Gasteiger partial charge < -0.3 is 25.3 Å². The molecule has 2 fully saturated rings. The van der Waals surface area contributed by atoms with Crippen LogP contribution in [0.25, 0.3) is 0 Å². The summed E-state index contributed by atoms with van der Waals surface area (Å²) < 4.78 is 14.0. The smallest absolute Gasteiger partial charge is 0.191 e. The van der Waals surface area contributed by atoms with Gasteiger partial charge in [-0.2, -0.15) is 0 Å². The lowest BCUT2D eigenvalue weighted by atomic mass is 10.2. The second kappa shape index (κ2) is 9.91. The molecular formula is C22H31FN8. The minimum absolute atomic E-state index is 0.185. The SMILES string of the molecule is CN=C(NCc1ccc(N2CCN(C)CC2)nc1)NC1CCN(c2ncccc2F)C1. The van der Waals surface area contributed by atoms with E-state index in [1.54, 1.807) is 19.3 Å². The standard InChI is InChI=1S/C22H31FN8/c1-24-22(28-18-7-9-31(16-18)21-19(23)4-3-8-25-21)27-15-17-5-6-20(26-14-17)30-12-10-29(2)11-13-30/h3-6,8,14,18H,7,9-13,15-16H2,1-2H3,(H2,24,27,28). The number of aromatic nitrogens is 2. The Bertz CT molecular complexity index is 879. The van der Waals surface area contributed by atoms with Gasteiger partial charge in [0.25, 0.3) is 0 Å². The second-order valence-electron chi connectivity index (χ2n) is 8.13. The molecule has 2 aromatic heterocycles. The maximum atomic E-state index is 14.0. The van der Waals surface area contributed by atoms with E-state index in [0.717, 1.165) is 56.5 Å². The first-order valence-corrected chi connectivity index (χ1v) is 10.8. The van der Waals surface area contributed by atoms with E-state index in [1.165, 1.54) is 6.07 Å². The molecule has 0 bridgehead atoms. The molecule has 0 amide bonds. The number of hydrogen-bond acceptors (Lipinski definition) is 6. The van der Waals surface area contributed by atoms with Crippen molar-refractivity contribution in [3.8, 4) is 0 Å². The predicted molar refractivity (Wildman–Crippen MR) is 122 cm³/mol. The van der Waals surface area contributed by atoms with Crippen molar-refractivity contribution >= 4 is 17.6 Å². The molecule has 0 aromatic carbocycles. The Kier molecular flexibility index (Phi) is 6.81. The summed E-state index contributed by atoms with van der Waals surface area (Å²) in [6.07, 6.45) is 4.45. The monoisotopic (exact) mass is 426 g/mol. The summed E-state index contributed by atoms with van der Waals surface area (Å²) >= 11 is 0. The number of hydrogen-bond donors (Lipinski definition) is 2.